The molecule has 17 heavy (non-hydrogen) atoms. The third-order valence-electron chi connectivity index (χ3n) is 2.55. The number of benzene rings is 1. The first-order chi connectivity index (χ1) is 7.79. The zero-order chi connectivity index (χ0) is 13.1. The lowest BCUT2D eigenvalue weighted by atomic mass is 9.96. The van der Waals surface area contributed by atoms with E-state index in [1.165, 1.54) is 5.56 Å². The summed E-state index contributed by atoms with van der Waals surface area (Å²) in [6.07, 6.45) is 0.0198. The third kappa shape index (κ3) is 4.63. The van der Waals surface area contributed by atoms with E-state index in [9.17, 15) is 5.11 Å². The van der Waals surface area contributed by atoms with Gasteiger partial charge in [-0.25, -0.2) is 0 Å². The van der Waals surface area contributed by atoms with Gasteiger partial charge in [-0.1, -0.05) is 35.6 Å². The molecular weight excluding hydrogens is 208 g/mol. The minimum atomic E-state index is -0.482. The number of aryl methyl sites for hydroxylation is 2. The number of hydrogen-bond acceptors (Lipinski definition) is 1. The molecule has 0 bridgehead atoms. The van der Waals surface area contributed by atoms with Crippen LogP contribution < -0.4 is 0 Å². The van der Waals surface area contributed by atoms with E-state index < -0.39 is 6.10 Å². The van der Waals surface area contributed by atoms with Gasteiger partial charge in [0, 0.05) is 11.8 Å². The van der Waals surface area contributed by atoms with Crippen LogP contribution in [0.3, 0.4) is 0 Å². The highest BCUT2D eigenvalue weighted by Crippen LogP contribution is 2.21. The van der Waals surface area contributed by atoms with Crippen molar-refractivity contribution in [3.63, 3.8) is 0 Å². The maximum absolute atomic E-state index is 10.1. The van der Waals surface area contributed by atoms with Crippen molar-refractivity contribution in [2.75, 3.05) is 0 Å². The molecule has 0 saturated heterocycles. The van der Waals surface area contributed by atoms with Gasteiger partial charge in [0.05, 0.1) is 6.10 Å². The third-order valence-corrected chi connectivity index (χ3v) is 2.55. The second-order valence-corrected chi connectivity index (χ2v) is 5.63. The molecule has 92 valence electrons. The van der Waals surface area contributed by atoms with Crippen molar-refractivity contribution in [2.24, 2.45) is 5.41 Å². The maximum atomic E-state index is 10.1. The van der Waals surface area contributed by atoms with E-state index in [-0.39, 0.29) is 5.41 Å². The molecule has 0 aliphatic heterocycles. The Morgan fingerprint density at radius 2 is 1.88 bits per heavy atom. The molecule has 0 fully saturated rings. The second kappa shape index (κ2) is 5.38. The summed E-state index contributed by atoms with van der Waals surface area (Å²) in [5.41, 5.74) is 3.30. The summed E-state index contributed by atoms with van der Waals surface area (Å²) >= 11 is 0. The Morgan fingerprint density at radius 3 is 2.47 bits per heavy atom. The first-order valence-corrected chi connectivity index (χ1v) is 6.05. The van der Waals surface area contributed by atoms with Crippen LogP contribution in [0.15, 0.2) is 18.2 Å². The lowest BCUT2D eigenvalue weighted by Gasteiger charge is -2.12. The van der Waals surface area contributed by atoms with Crippen LogP contribution in [0.2, 0.25) is 0 Å². The zero-order valence-electron chi connectivity index (χ0n) is 11.5. The summed E-state index contributed by atoms with van der Waals surface area (Å²) in [5.74, 6) is 6.22. The largest absolute Gasteiger partial charge is 0.387 e. The molecule has 0 amide bonds. The summed E-state index contributed by atoms with van der Waals surface area (Å²) in [6.45, 7) is 10.3. The molecule has 0 saturated carbocycles. The number of aliphatic hydroxyl groups excluding tert-OH is 1. The van der Waals surface area contributed by atoms with E-state index in [0.717, 1.165) is 11.1 Å². The smallest absolute Gasteiger partial charge is 0.0901 e. The predicted octanol–water partition coefficient (Wildman–Crippen LogP) is 3.78. The molecule has 0 aromatic heterocycles. The standard InChI is InChI=1S/C16H22O/c1-12-8-9-13(2)14(11-12)15(17)7-6-10-16(3,4)5/h8-9,11,15,17H,7H2,1-5H3. The molecule has 0 heterocycles. The SMILES string of the molecule is Cc1ccc(C)c(C(O)CC#CC(C)(C)C)c1. The Hall–Kier alpha value is -1.26. The lowest BCUT2D eigenvalue weighted by Crippen LogP contribution is -2.02. The van der Waals surface area contributed by atoms with Gasteiger partial charge in [0.15, 0.2) is 0 Å². The number of rotatable bonds is 2. The first-order valence-electron chi connectivity index (χ1n) is 6.05. The number of hydrogen-bond donors (Lipinski definition) is 1. The van der Waals surface area contributed by atoms with Crippen molar-refractivity contribution in [1.82, 2.24) is 0 Å². The van der Waals surface area contributed by atoms with Crippen molar-refractivity contribution >= 4 is 0 Å². The Balaban J connectivity index is 2.79. The van der Waals surface area contributed by atoms with Gasteiger partial charge in [0.25, 0.3) is 0 Å². The molecule has 1 aromatic carbocycles. The van der Waals surface area contributed by atoms with Crippen LogP contribution in [0.1, 0.15) is 50.0 Å². The van der Waals surface area contributed by atoms with Crippen molar-refractivity contribution in [1.29, 1.82) is 0 Å². The molecule has 1 N–H and O–H groups in total. The quantitative estimate of drug-likeness (QED) is 0.767. The van der Waals surface area contributed by atoms with Crippen LogP contribution in [-0.4, -0.2) is 5.11 Å². The lowest BCUT2D eigenvalue weighted by molar-refractivity contribution is 0.183. The van der Waals surface area contributed by atoms with Gasteiger partial charge in [-0.2, -0.15) is 0 Å². The molecule has 0 spiro atoms. The minimum Gasteiger partial charge on any atom is -0.387 e. The van der Waals surface area contributed by atoms with Crippen LogP contribution in [0.4, 0.5) is 0 Å². The maximum Gasteiger partial charge on any atom is 0.0901 e. The second-order valence-electron chi connectivity index (χ2n) is 5.63. The van der Waals surface area contributed by atoms with Crippen LogP contribution in [0, 0.1) is 31.1 Å². The van der Waals surface area contributed by atoms with E-state index in [1.54, 1.807) is 0 Å². The Labute approximate surface area is 105 Å². The zero-order valence-corrected chi connectivity index (χ0v) is 11.5. The molecule has 1 unspecified atom stereocenters. The van der Waals surface area contributed by atoms with Crippen molar-refractivity contribution in [2.45, 2.75) is 47.1 Å². The molecule has 0 radical (unpaired) electrons. The Morgan fingerprint density at radius 1 is 1.24 bits per heavy atom. The molecule has 1 heteroatoms. The summed E-state index contributed by atoms with van der Waals surface area (Å²) in [4.78, 5) is 0. The fraction of sp³-hybridized carbons (Fsp3) is 0.500. The van der Waals surface area contributed by atoms with Gasteiger partial charge in [-0.05, 0) is 45.7 Å². The van der Waals surface area contributed by atoms with Crippen LogP contribution in [0.25, 0.3) is 0 Å². The van der Waals surface area contributed by atoms with E-state index in [1.807, 2.05) is 26.0 Å². The van der Waals surface area contributed by atoms with Crippen molar-refractivity contribution in [3.8, 4) is 11.8 Å². The summed E-state index contributed by atoms with van der Waals surface area (Å²) < 4.78 is 0. The van der Waals surface area contributed by atoms with Gasteiger partial charge in [-0.3, -0.25) is 0 Å². The van der Waals surface area contributed by atoms with E-state index in [2.05, 4.69) is 38.7 Å². The van der Waals surface area contributed by atoms with E-state index in [0.29, 0.717) is 6.42 Å². The molecule has 1 aromatic rings. The van der Waals surface area contributed by atoms with Gasteiger partial charge < -0.3 is 5.11 Å². The molecule has 1 atom stereocenters. The highest BCUT2D eigenvalue weighted by molar-refractivity contribution is 5.32. The van der Waals surface area contributed by atoms with Crippen LogP contribution in [-0.2, 0) is 0 Å². The average molecular weight is 230 g/mol. The highest BCUT2D eigenvalue weighted by atomic mass is 16.3. The monoisotopic (exact) mass is 230 g/mol. The summed E-state index contributed by atoms with van der Waals surface area (Å²) in [6, 6.07) is 6.15. The fourth-order valence-corrected chi connectivity index (χ4v) is 1.64. The average Bonchev–Trinajstić information content (AvgIpc) is 2.19. The first kappa shape index (κ1) is 13.8. The van der Waals surface area contributed by atoms with Crippen molar-refractivity contribution < 1.29 is 5.11 Å². The highest BCUT2D eigenvalue weighted by Gasteiger charge is 2.10. The van der Waals surface area contributed by atoms with Gasteiger partial charge >= 0.3 is 0 Å². The fourth-order valence-electron chi connectivity index (χ4n) is 1.64. The van der Waals surface area contributed by atoms with E-state index >= 15 is 0 Å². The molecule has 0 aliphatic rings. The predicted molar refractivity (Wildman–Crippen MR) is 72.7 cm³/mol. The summed E-state index contributed by atoms with van der Waals surface area (Å²) in [5, 5.41) is 10.1. The van der Waals surface area contributed by atoms with Gasteiger partial charge in [0.1, 0.15) is 0 Å². The number of aliphatic hydroxyl groups is 1. The molecule has 0 aliphatic carbocycles. The molecule has 1 rings (SSSR count). The Kier molecular flexibility index (Phi) is 4.37. The van der Waals surface area contributed by atoms with Gasteiger partial charge in [0.2, 0.25) is 0 Å². The topological polar surface area (TPSA) is 20.2 Å². The summed E-state index contributed by atoms with van der Waals surface area (Å²) in [7, 11) is 0. The van der Waals surface area contributed by atoms with E-state index in [4.69, 9.17) is 0 Å². The van der Waals surface area contributed by atoms with Crippen LogP contribution in [0.5, 0.6) is 0 Å². The van der Waals surface area contributed by atoms with Crippen LogP contribution >= 0.6 is 0 Å². The van der Waals surface area contributed by atoms with Gasteiger partial charge in [-0.15, -0.1) is 0 Å². The van der Waals surface area contributed by atoms with Crippen molar-refractivity contribution in [3.05, 3.63) is 34.9 Å². The Bertz CT molecular complexity index is 441. The molecule has 1 nitrogen and oxygen atoms in total. The molecular formula is C16H22O. The minimum absolute atomic E-state index is 0.00136. The normalized spacial score (nSPS) is 12.8.